The lowest BCUT2D eigenvalue weighted by Crippen LogP contribution is -2.07. The fraction of sp³-hybridized carbons (Fsp3) is 0.300. The Balaban J connectivity index is 1.86. The molecule has 0 radical (unpaired) electrons. The van der Waals surface area contributed by atoms with E-state index >= 15 is 0 Å². The van der Waals surface area contributed by atoms with Gasteiger partial charge in [-0.05, 0) is 55.5 Å². The summed E-state index contributed by atoms with van der Waals surface area (Å²) in [6.45, 7) is 3.18. The van der Waals surface area contributed by atoms with Gasteiger partial charge < -0.3 is 5.32 Å². The Labute approximate surface area is 142 Å². The topological polar surface area (TPSA) is 42.7 Å². The normalized spacial score (nSPS) is 13.9. The lowest BCUT2D eigenvalue weighted by molar-refractivity contribution is 0.780. The SMILES string of the molecule is CCc1ccc(-n2nc(-c3ccncc3)c3c2NCCCC3)cc1. The quantitative estimate of drug-likeness (QED) is 0.785. The molecule has 0 spiro atoms. The van der Waals surface area contributed by atoms with E-state index < -0.39 is 0 Å². The average Bonchev–Trinajstić information content (AvgIpc) is 2.84. The number of benzene rings is 1. The lowest BCUT2D eigenvalue weighted by atomic mass is 10.0. The average molecular weight is 318 g/mol. The van der Waals surface area contributed by atoms with E-state index in [1.807, 2.05) is 24.5 Å². The summed E-state index contributed by atoms with van der Waals surface area (Å²) in [4.78, 5) is 4.14. The molecule has 0 fully saturated rings. The van der Waals surface area contributed by atoms with E-state index in [0.29, 0.717) is 0 Å². The summed E-state index contributed by atoms with van der Waals surface area (Å²) in [6, 6.07) is 12.8. The molecule has 0 saturated heterocycles. The van der Waals surface area contributed by atoms with E-state index in [2.05, 4.69) is 46.2 Å². The first kappa shape index (κ1) is 14.9. The number of nitrogens with zero attached hydrogens (tertiary/aromatic N) is 3. The van der Waals surface area contributed by atoms with Crippen LogP contribution in [0.25, 0.3) is 16.9 Å². The molecule has 24 heavy (non-hydrogen) atoms. The number of hydrogen-bond donors (Lipinski definition) is 1. The van der Waals surface area contributed by atoms with Crippen molar-refractivity contribution >= 4 is 5.82 Å². The minimum atomic E-state index is 1.00. The van der Waals surface area contributed by atoms with Crippen molar-refractivity contribution in [2.75, 3.05) is 11.9 Å². The van der Waals surface area contributed by atoms with Crippen LogP contribution in [0.5, 0.6) is 0 Å². The Bertz CT molecular complexity index is 819. The molecular formula is C20H22N4. The molecule has 122 valence electrons. The van der Waals surface area contributed by atoms with Crippen LogP contribution in [-0.2, 0) is 12.8 Å². The summed E-state index contributed by atoms with van der Waals surface area (Å²) in [5, 5.41) is 8.55. The highest BCUT2D eigenvalue weighted by atomic mass is 15.3. The van der Waals surface area contributed by atoms with E-state index in [1.54, 1.807) is 0 Å². The monoisotopic (exact) mass is 318 g/mol. The van der Waals surface area contributed by atoms with E-state index in [-0.39, 0.29) is 0 Å². The molecule has 0 unspecified atom stereocenters. The first-order chi connectivity index (χ1) is 11.9. The number of nitrogens with one attached hydrogen (secondary N) is 1. The molecule has 2 aromatic heterocycles. The first-order valence-corrected chi connectivity index (χ1v) is 8.72. The molecule has 0 saturated carbocycles. The van der Waals surface area contributed by atoms with Crippen molar-refractivity contribution < 1.29 is 0 Å². The molecule has 0 amide bonds. The van der Waals surface area contributed by atoms with E-state index in [4.69, 9.17) is 5.10 Å². The molecule has 0 atom stereocenters. The third-order valence-corrected chi connectivity index (χ3v) is 4.67. The lowest BCUT2D eigenvalue weighted by Gasteiger charge is -2.09. The molecule has 3 heterocycles. The number of pyridine rings is 1. The fourth-order valence-electron chi connectivity index (χ4n) is 3.30. The Morgan fingerprint density at radius 1 is 1.04 bits per heavy atom. The molecule has 1 aliphatic rings. The van der Waals surface area contributed by atoms with Crippen LogP contribution in [0.1, 0.15) is 30.9 Å². The number of aryl methyl sites for hydroxylation is 1. The number of hydrogen-bond acceptors (Lipinski definition) is 3. The van der Waals surface area contributed by atoms with Gasteiger partial charge in [0, 0.05) is 30.1 Å². The largest absolute Gasteiger partial charge is 0.370 e. The highest BCUT2D eigenvalue weighted by molar-refractivity contribution is 5.71. The summed E-state index contributed by atoms with van der Waals surface area (Å²) in [7, 11) is 0. The van der Waals surface area contributed by atoms with Crippen LogP contribution >= 0.6 is 0 Å². The summed E-state index contributed by atoms with van der Waals surface area (Å²) >= 11 is 0. The van der Waals surface area contributed by atoms with Crippen molar-refractivity contribution in [3.05, 3.63) is 59.9 Å². The molecular weight excluding hydrogens is 296 g/mol. The Morgan fingerprint density at radius 2 is 1.83 bits per heavy atom. The summed E-state index contributed by atoms with van der Waals surface area (Å²) in [5.74, 6) is 1.14. The zero-order valence-electron chi connectivity index (χ0n) is 14.0. The molecule has 0 aliphatic carbocycles. The van der Waals surface area contributed by atoms with Crippen LogP contribution in [0.3, 0.4) is 0 Å². The van der Waals surface area contributed by atoms with Gasteiger partial charge in [0.2, 0.25) is 0 Å². The minimum Gasteiger partial charge on any atom is -0.370 e. The number of fused-ring (bicyclic) bond motifs is 1. The fourth-order valence-corrected chi connectivity index (χ4v) is 3.30. The van der Waals surface area contributed by atoms with Crippen LogP contribution in [0.15, 0.2) is 48.8 Å². The highest BCUT2D eigenvalue weighted by Crippen LogP contribution is 2.33. The van der Waals surface area contributed by atoms with E-state index in [9.17, 15) is 0 Å². The summed E-state index contributed by atoms with van der Waals surface area (Å²) < 4.78 is 2.07. The van der Waals surface area contributed by atoms with E-state index in [1.165, 1.54) is 24.0 Å². The maximum absolute atomic E-state index is 4.96. The van der Waals surface area contributed by atoms with Crippen molar-refractivity contribution in [1.82, 2.24) is 14.8 Å². The highest BCUT2D eigenvalue weighted by Gasteiger charge is 2.21. The molecule has 3 aromatic rings. The zero-order valence-corrected chi connectivity index (χ0v) is 14.0. The zero-order chi connectivity index (χ0) is 16.4. The maximum Gasteiger partial charge on any atom is 0.133 e. The van der Waals surface area contributed by atoms with Gasteiger partial charge in [0.15, 0.2) is 0 Å². The van der Waals surface area contributed by atoms with Crippen molar-refractivity contribution in [2.24, 2.45) is 0 Å². The molecule has 1 N–H and O–H groups in total. The Morgan fingerprint density at radius 3 is 2.58 bits per heavy atom. The number of anilines is 1. The smallest absolute Gasteiger partial charge is 0.133 e. The van der Waals surface area contributed by atoms with Gasteiger partial charge >= 0.3 is 0 Å². The standard InChI is InChI=1S/C20H22N4/c1-2-15-6-8-17(9-7-15)24-20-18(5-3-4-12-22-20)19(23-24)16-10-13-21-14-11-16/h6-11,13-14,22H,2-5,12H2,1H3. The van der Waals surface area contributed by atoms with Crippen molar-refractivity contribution in [3.8, 4) is 16.9 Å². The second-order valence-electron chi connectivity index (χ2n) is 6.23. The van der Waals surface area contributed by atoms with Crippen LogP contribution < -0.4 is 5.32 Å². The Hall–Kier alpha value is -2.62. The van der Waals surface area contributed by atoms with Gasteiger partial charge in [0.1, 0.15) is 5.82 Å². The van der Waals surface area contributed by atoms with Gasteiger partial charge in [0.05, 0.1) is 11.4 Å². The van der Waals surface area contributed by atoms with Gasteiger partial charge in [-0.15, -0.1) is 0 Å². The van der Waals surface area contributed by atoms with Gasteiger partial charge in [-0.3, -0.25) is 4.98 Å². The maximum atomic E-state index is 4.96. The van der Waals surface area contributed by atoms with Crippen LogP contribution in [0.4, 0.5) is 5.82 Å². The van der Waals surface area contributed by atoms with Crippen LogP contribution in [0, 0.1) is 0 Å². The second-order valence-corrected chi connectivity index (χ2v) is 6.23. The van der Waals surface area contributed by atoms with Crippen molar-refractivity contribution in [1.29, 1.82) is 0 Å². The molecule has 1 aliphatic heterocycles. The van der Waals surface area contributed by atoms with Gasteiger partial charge in [0.25, 0.3) is 0 Å². The summed E-state index contributed by atoms with van der Waals surface area (Å²) in [5.41, 5.74) is 5.98. The molecule has 0 bridgehead atoms. The number of aromatic nitrogens is 3. The predicted molar refractivity (Wildman–Crippen MR) is 97.6 cm³/mol. The Kier molecular flexibility index (Phi) is 4.03. The third-order valence-electron chi connectivity index (χ3n) is 4.67. The van der Waals surface area contributed by atoms with Gasteiger partial charge in [-0.25, -0.2) is 4.68 Å². The van der Waals surface area contributed by atoms with Gasteiger partial charge in [-0.1, -0.05) is 19.1 Å². The van der Waals surface area contributed by atoms with Crippen molar-refractivity contribution in [2.45, 2.75) is 32.6 Å². The number of rotatable bonds is 3. The molecule has 1 aromatic carbocycles. The van der Waals surface area contributed by atoms with Crippen molar-refractivity contribution in [3.63, 3.8) is 0 Å². The van der Waals surface area contributed by atoms with Crippen LogP contribution in [0.2, 0.25) is 0 Å². The summed E-state index contributed by atoms with van der Waals surface area (Å²) in [6.07, 6.45) is 8.17. The molecule has 4 heteroatoms. The second kappa shape index (κ2) is 6.48. The third kappa shape index (κ3) is 2.68. The van der Waals surface area contributed by atoms with E-state index in [0.717, 1.165) is 42.1 Å². The first-order valence-electron chi connectivity index (χ1n) is 8.72. The molecule has 4 rings (SSSR count). The van der Waals surface area contributed by atoms with Gasteiger partial charge in [-0.2, -0.15) is 5.10 Å². The minimum absolute atomic E-state index is 1.00. The predicted octanol–water partition coefficient (Wildman–Crippen LogP) is 4.24. The van der Waals surface area contributed by atoms with Crippen LogP contribution in [-0.4, -0.2) is 21.3 Å². The molecule has 4 nitrogen and oxygen atoms in total.